The van der Waals surface area contributed by atoms with E-state index in [2.05, 4.69) is 20.4 Å². The standard InChI is InChI=1S/C15H14N4O3S/c1-21-13-6-4-10(9-16-13)17-12(20)5-7-14-18-15(19-22-14)11-3-2-8-23-11/h2-4,6,8-9H,5,7H2,1H3,(H,17,20). The van der Waals surface area contributed by atoms with E-state index in [4.69, 9.17) is 9.26 Å². The Labute approximate surface area is 136 Å². The summed E-state index contributed by atoms with van der Waals surface area (Å²) >= 11 is 1.54. The highest BCUT2D eigenvalue weighted by Crippen LogP contribution is 2.21. The van der Waals surface area contributed by atoms with Crippen LogP contribution in [0.3, 0.4) is 0 Å². The van der Waals surface area contributed by atoms with Gasteiger partial charge >= 0.3 is 0 Å². The van der Waals surface area contributed by atoms with Gasteiger partial charge in [0.15, 0.2) is 0 Å². The van der Waals surface area contributed by atoms with Gasteiger partial charge in [-0.2, -0.15) is 4.98 Å². The van der Waals surface area contributed by atoms with Crippen LogP contribution in [0, 0.1) is 0 Å². The topological polar surface area (TPSA) is 90.1 Å². The molecule has 0 fully saturated rings. The normalized spacial score (nSPS) is 10.5. The molecule has 3 heterocycles. The van der Waals surface area contributed by atoms with Crippen LogP contribution in [-0.2, 0) is 11.2 Å². The average Bonchev–Trinajstić information content (AvgIpc) is 3.25. The summed E-state index contributed by atoms with van der Waals surface area (Å²) in [5.41, 5.74) is 0.612. The molecular weight excluding hydrogens is 316 g/mol. The van der Waals surface area contributed by atoms with Crippen LogP contribution in [0.15, 0.2) is 40.4 Å². The summed E-state index contributed by atoms with van der Waals surface area (Å²) in [6, 6.07) is 7.25. The van der Waals surface area contributed by atoms with Crippen molar-refractivity contribution < 1.29 is 14.1 Å². The molecule has 118 valence electrons. The van der Waals surface area contributed by atoms with Gasteiger partial charge in [0.05, 0.1) is 23.9 Å². The van der Waals surface area contributed by atoms with Gasteiger partial charge < -0.3 is 14.6 Å². The molecule has 3 rings (SSSR count). The Kier molecular flexibility index (Phi) is 4.62. The van der Waals surface area contributed by atoms with E-state index in [1.165, 1.54) is 18.4 Å². The molecule has 0 unspecified atom stereocenters. The van der Waals surface area contributed by atoms with Crippen LogP contribution in [0.2, 0.25) is 0 Å². The third-order valence-corrected chi connectivity index (χ3v) is 3.87. The van der Waals surface area contributed by atoms with Crippen molar-refractivity contribution in [3.8, 4) is 16.6 Å². The summed E-state index contributed by atoms with van der Waals surface area (Å²) in [5, 5.41) is 8.61. The van der Waals surface area contributed by atoms with E-state index in [1.54, 1.807) is 18.3 Å². The number of rotatable bonds is 6. The number of aryl methyl sites for hydroxylation is 1. The second-order valence-electron chi connectivity index (χ2n) is 4.63. The molecule has 3 aromatic rings. The summed E-state index contributed by atoms with van der Waals surface area (Å²) in [7, 11) is 1.54. The number of nitrogens with zero attached hydrogens (tertiary/aromatic N) is 3. The lowest BCUT2D eigenvalue weighted by molar-refractivity contribution is -0.116. The molecule has 0 aromatic carbocycles. The molecule has 1 N–H and O–H groups in total. The van der Waals surface area contributed by atoms with Crippen LogP contribution < -0.4 is 10.1 Å². The maximum atomic E-state index is 11.9. The first-order valence-electron chi connectivity index (χ1n) is 6.91. The second-order valence-corrected chi connectivity index (χ2v) is 5.57. The number of anilines is 1. The Morgan fingerprint density at radius 2 is 2.30 bits per heavy atom. The number of pyridine rings is 1. The molecular formula is C15H14N4O3S. The first kappa shape index (κ1) is 15.2. The molecule has 23 heavy (non-hydrogen) atoms. The number of amides is 1. The van der Waals surface area contributed by atoms with Gasteiger partial charge in [-0.1, -0.05) is 11.2 Å². The van der Waals surface area contributed by atoms with E-state index in [9.17, 15) is 4.79 Å². The van der Waals surface area contributed by atoms with E-state index in [1.807, 2.05) is 17.5 Å². The van der Waals surface area contributed by atoms with Crippen molar-refractivity contribution in [3.63, 3.8) is 0 Å². The smallest absolute Gasteiger partial charge is 0.227 e. The monoisotopic (exact) mass is 330 g/mol. The maximum Gasteiger partial charge on any atom is 0.227 e. The van der Waals surface area contributed by atoms with E-state index in [0.717, 1.165) is 4.88 Å². The molecule has 0 aliphatic carbocycles. The lowest BCUT2D eigenvalue weighted by Crippen LogP contribution is -2.12. The van der Waals surface area contributed by atoms with Gasteiger partial charge in [-0.05, 0) is 17.5 Å². The summed E-state index contributed by atoms with van der Waals surface area (Å²) in [5.74, 6) is 1.34. The molecule has 0 spiro atoms. The molecule has 0 atom stereocenters. The number of carbonyl (C=O) groups excluding carboxylic acids is 1. The number of thiophene rings is 1. The van der Waals surface area contributed by atoms with Crippen LogP contribution in [0.5, 0.6) is 5.88 Å². The van der Waals surface area contributed by atoms with Crippen molar-refractivity contribution in [2.45, 2.75) is 12.8 Å². The average molecular weight is 330 g/mol. The molecule has 0 saturated heterocycles. The van der Waals surface area contributed by atoms with Crippen molar-refractivity contribution in [2.75, 3.05) is 12.4 Å². The van der Waals surface area contributed by atoms with E-state index >= 15 is 0 Å². The Hall–Kier alpha value is -2.74. The minimum absolute atomic E-state index is 0.146. The fourth-order valence-electron chi connectivity index (χ4n) is 1.88. The number of nitrogens with one attached hydrogen (secondary N) is 1. The first-order valence-corrected chi connectivity index (χ1v) is 7.79. The van der Waals surface area contributed by atoms with E-state index in [-0.39, 0.29) is 12.3 Å². The van der Waals surface area contributed by atoms with Crippen molar-refractivity contribution in [3.05, 3.63) is 41.7 Å². The highest BCUT2D eigenvalue weighted by Gasteiger charge is 2.11. The summed E-state index contributed by atoms with van der Waals surface area (Å²) in [4.78, 5) is 21.2. The van der Waals surface area contributed by atoms with Gasteiger partial charge in [0, 0.05) is 18.9 Å². The Morgan fingerprint density at radius 3 is 3.00 bits per heavy atom. The number of ether oxygens (including phenoxy) is 1. The van der Waals surface area contributed by atoms with Gasteiger partial charge in [-0.3, -0.25) is 4.79 Å². The lowest BCUT2D eigenvalue weighted by Gasteiger charge is -2.04. The van der Waals surface area contributed by atoms with Crippen LogP contribution in [-0.4, -0.2) is 28.1 Å². The molecule has 0 bridgehead atoms. The zero-order valence-corrected chi connectivity index (χ0v) is 13.2. The van der Waals surface area contributed by atoms with Crippen LogP contribution in [0.4, 0.5) is 5.69 Å². The van der Waals surface area contributed by atoms with Crippen molar-refractivity contribution in [2.24, 2.45) is 0 Å². The predicted molar refractivity (Wildman–Crippen MR) is 85.4 cm³/mol. The molecule has 7 nitrogen and oxygen atoms in total. The highest BCUT2D eigenvalue weighted by molar-refractivity contribution is 7.13. The molecule has 0 aliphatic rings. The fourth-order valence-corrected chi connectivity index (χ4v) is 2.53. The number of hydrogen-bond donors (Lipinski definition) is 1. The first-order chi connectivity index (χ1) is 11.2. The Balaban J connectivity index is 1.52. The summed E-state index contributed by atoms with van der Waals surface area (Å²) in [6.45, 7) is 0. The van der Waals surface area contributed by atoms with E-state index < -0.39 is 0 Å². The molecule has 8 heteroatoms. The van der Waals surface area contributed by atoms with Gasteiger partial charge in [0.2, 0.25) is 23.5 Å². The SMILES string of the molecule is COc1ccc(NC(=O)CCc2nc(-c3cccs3)no2)cn1. The maximum absolute atomic E-state index is 11.9. The van der Waals surface area contributed by atoms with Gasteiger partial charge in [-0.25, -0.2) is 4.98 Å². The van der Waals surface area contributed by atoms with E-state index in [0.29, 0.717) is 29.7 Å². The van der Waals surface area contributed by atoms with Crippen molar-refractivity contribution >= 4 is 22.9 Å². The second kappa shape index (κ2) is 7.01. The number of aromatic nitrogens is 3. The van der Waals surface area contributed by atoms with Crippen molar-refractivity contribution in [1.29, 1.82) is 0 Å². The molecule has 3 aromatic heterocycles. The fraction of sp³-hybridized carbons (Fsp3) is 0.200. The molecule has 0 aliphatic heterocycles. The zero-order chi connectivity index (χ0) is 16.1. The third kappa shape index (κ3) is 3.92. The molecule has 1 amide bonds. The predicted octanol–water partition coefficient (Wildman–Crippen LogP) is 2.77. The minimum Gasteiger partial charge on any atom is -0.481 e. The largest absolute Gasteiger partial charge is 0.481 e. The number of methoxy groups -OCH3 is 1. The number of hydrogen-bond acceptors (Lipinski definition) is 7. The number of carbonyl (C=O) groups is 1. The molecule has 0 saturated carbocycles. The van der Waals surface area contributed by atoms with Crippen molar-refractivity contribution in [1.82, 2.24) is 15.1 Å². The van der Waals surface area contributed by atoms with Crippen LogP contribution in [0.1, 0.15) is 12.3 Å². The lowest BCUT2D eigenvalue weighted by atomic mass is 10.3. The minimum atomic E-state index is -0.146. The molecule has 0 radical (unpaired) electrons. The van der Waals surface area contributed by atoms with Crippen LogP contribution >= 0.6 is 11.3 Å². The third-order valence-electron chi connectivity index (χ3n) is 3.00. The van der Waals surface area contributed by atoms with Crippen LogP contribution in [0.25, 0.3) is 10.7 Å². The van der Waals surface area contributed by atoms with Gasteiger partial charge in [0.25, 0.3) is 0 Å². The Bertz CT molecular complexity index is 768. The summed E-state index contributed by atoms with van der Waals surface area (Å²) < 4.78 is 10.1. The summed E-state index contributed by atoms with van der Waals surface area (Å²) in [6.07, 6.45) is 2.17. The quantitative estimate of drug-likeness (QED) is 0.747. The van der Waals surface area contributed by atoms with Gasteiger partial charge in [0.1, 0.15) is 0 Å². The van der Waals surface area contributed by atoms with Gasteiger partial charge in [-0.15, -0.1) is 11.3 Å². The Morgan fingerprint density at radius 1 is 1.39 bits per heavy atom. The highest BCUT2D eigenvalue weighted by atomic mass is 32.1. The zero-order valence-electron chi connectivity index (χ0n) is 12.4.